The van der Waals surface area contributed by atoms with Gasteiger partial charge in [-0.05, 0) is 54.1 Å². The summed E-state index contributed by atoms with van der Waals surface area (Å²) < 4.78 is 26.0. The van der Waals surface area contributed by atoms with E-state index in [4.69, 9.17) is 0 Å². The summed E-state index contributed by atoms with van der Waals surface area (Å²) in [6, 6.07) is 2.10. The molecule has 0 aliphatic rings. The average molecular weight is 298 g/mol. The lowest BCUT2D eigenvalue weighted by molar-refractivity contribution is 0.0772. The Morgan fingerprint density at radius 2 is 1.69 bits per heavy atom. The minimum absolute atomic E-state index is 0.395. The van der Waals surface area contributed by atoms with Crippen LogP contribution in [0.1, 0.15) is 19.4 Å². The highest BCUT2D eigenvalue weighted by Gasteiger charge is 2.21. The van der Waals surface area contributed by atoms with Crippen LogP contribution in [0.2, 0.25) is 0 Å². The van der Waals surface area contributed by atoms with Crippen LogP contribution in [0.4, 0.5) is 8.78 Å². The van der Waals surface area contributed by atoms with Gasteiger partial charge in [0, 0.05) is 3.57 Å². The van der Waals surface area contributed by atoms with Crippen molar-refractivity contribution < 1.29 is 13.9 Å². The Morgan fingerprint density at radius 1 is 1.23 bits per heavy atom. The van der Waals surface area contributed by atoms with E-state index in [0.29, 0.717) is 9.13 Å². The van der Waals surface area contributed by atoms with E-state index >= 15 is 0 Å². The Labute approximate surface area is 88.9 Å². The maximum Gasteiger partial charge on any atom is 0.159 e. The highest BCUT2D eigenvalue weighted by Crippen LogP contribution is 2.26. The molecule has 0 spiro atoms. The zero-order chi connectivity index (χ0) is 10.2. The third-order valence-corrected chi connectivity index (χ3v) is 2.56. The van der Waals surface area contributed by atoms with Crippen LogP contribution in [0.25, 0.3) is 0 Å². The molecule has 0 atom stereocenters. The first kappa shape index (κ1) is 10.8. The molecule has 0 aliphatic heterocycles. The molecule has 13 heavy (non-hydrogen) atoms. The van der Waals surface area contributed by atoms with Crippen molar-refractivity contribution in [2.45, 2.75) is 19.4 Å². The van der Waals surface area contributed by atoms with Gasteiger partial charge in [-0.1, -0.05) is 0 Å². The van der Waals surface area contributed by atoms with Crippen LogP contribution in [0.15, 0.2) is 12.1 Å². The summed E-state index contributed by atoms with van der Waals surface area (Å²) >= 11 is 1.86. The Balaban J connectivity index is 3.32. The van der Waals surface area contributed by atoms with Crippen LogP contribution >= 0.6 is 22.6 Å². The van der Waals surface area contributed by atoms with Gasteiger partial charge < -0.3 is 5.11 Å². The standard InChI is InChI=1S/C9H9F2IO/c1-9(2,13)5-3-6(10)7(11)4-8(5)12/h3-4,13H,1-2H3. The minimum Gasteiger partial charge on any atom is -0.386 e. The maximum absolute atomic E-state index is 12.8. The number of aliphatic hydroxyl groups is 1. The molecule has 0 heterocycles. The molecule has 1 nitrogen and oxygen atoms in total. The van der Waals surface area contributed by atoms with Crippen LogP contribution in [-0.2, 0) is 5.60 Å². The van der Waals surface area contributed by atoms with Gasteiger partial charge in [0.2, 0.25) is 0 Å². The molecule has 0 saturated carbocycles. The Morgan fingerprint density at radius 3 is 2.15 bits per heavy atom. The second-order valence-electron chi connectivity index (χ2n) is 3.31. The van der Waals surface area contributed by atoms with Gasteiger partial charge in [0.15, 0.2) is 11.6 Å². The number of hydrogen-bond acceptors (Lipinski definition) is 1. The molecule has 0 bridgehead atoms. The second-order valence-corrected chi connectivity index (χ2v) is 4.47. The van der Waals surface area contributed by atoms with Gasteiger partial charge in [-0.15, -0.1) is 0 Å². The van der Waals surface area contributed by atoms with Crippen molar-refractivity contribution >= 4 is 22.6 Å². The monoisotopic (exact) mass is 298 g/mol. The number of benzene rings is 1. The molecule has 0 aliphatic carbocycles. The first-order valence-electron chi connectivity index (χ1n) is 3.70. The minimum atomic E-state index is -1.15. The molecule has 1 aromatic carbocycles. The molecule has 1 aromatic rings. The van der Waals surface area contributed by atoms with E-state index < -0.39 is 17.2 Å². The van der Waals surface area contributed by atoms with E-state index in [1.54, 1.807) is 0 Å². The van der Waals surface area contributed by atoms with Crippen molar-refractivity contribution in [3.8, 4) is 0 Å². The van der Waals surface area contributed by atoms with Gasteiger partial charge in [-0.3, -0.25) is 0 Å². The predicted octanol–water partition coefficient (Wildman–Crippen LogP) is 2.80. The number of halogens is 3. The van der Waals surface area contributed by atoms with Gasteiger partial charge in [0.05, 0.1) is 5.60 Å². The highest BCUT2D eigenvalue weighted by atomic mass is 127. The second kappa shape index (κ2) is 3.49. The Kier molecular flexibility index (Phi) is 2.91. The molecule has 0 aromatic heterocycles. The summed E-state index contributed by atoms with van der Waals surface area (Å²) in [6.45, 7) is 3.06. The van der Waals surface area contributed by atoms with Crippen LogP contribution < -0.4 is 0 Å². The zero-order valence-corrected chi connectivity index (χ0v) is 9.39. The van der Waals surface area contributed by atoms with E-state index in [0.717, 1.165) is 12.1 Å². The van der Waals surface area contributed by atoms with Crippen molar-refractivity contribution in [3.63, 3.8) is 0 Å². The van der Waals surface area contributed by atoms with Crippen molar-refractivity contribution in [1.82, 2.24) is 0 Å². The molecule has 1 rings (SSSR count). The third-order valence-electron chi connectivity index (χ3n) is 1.67. The summed E-state index contributed by atoms with van der Waals surface area (Å²) in [4.78, 5) is 0. The normalized spacial score (nSPS) is 11.8. The van der Waals surface area contributed by atoms with Gasteiger partial charge in [0.25, 0.3) is 0 Å². The van der Waals surface area contributed by atoms with Gasteiger partial charge in [-0.2, -0.15) is 0 Å². The lowest BCUT2D eigenvalue weighted by Gasteiger charge is -2.19. The summed E-state index contributed by atoms with van der Waals surface area (Å²) in [6.07, 6.45) is 0. The van der Waals surface area contributed by atoms with Crippen molar-refractivity contribution in [2.24, 2.45) is 0 Å². The molecular weight excluding hydrogens is 289 g/mol. The summed E-state index contributed by atoms with van der Waals surface area (Å²) in [5.41, 5.74) is -0.752. The fourth-order valence-corrected chi connectivity index (χ4v) is 2.08. The van der Waals surface area contributed by atoms with E-state index in [-0.39, 0.29) is 0 Å². The predicted molar refractivity (Wildman–Crippen MR) is 54.3 cm³/mol. The number of rotatable bonds is 1. The van der Waals surface area contributed by atoms with E-state index in [1.165, 1.54) is 13.8 Å². The summed E-state index contributed by atoms with van der Waals surface area (Å²) in [5.74, 6) is -1.82. The SMILES string of the molecule is CC(C)(O)c1cc(F)c(F)cc1I. The zero-order valence-electron chi connectivity index (χ0n) is 7.24. The largest absolute Gasteiger partial charge is 0.386 e. The number of hydrogen-bond donors (Lipinski definition) is 1. The van der Waals surface area contributed by atoms with Crippen LogP contribution in [0.3, 0.4) is 0 Å². The smallest absolute Gasteiger partial charge is 0.159 e. The van der Waals surface area contributed by atoms with E-state index in [1.807, 2.05) is 22.6 Å². The highest BCUT2D eigenvalue weighted by molar-refractivity contribution is 14.1. The van der Waals surface area contributed by atoms with Crippen molar-refractivity contribution in [1.29, 1.82) is 0 Å². The summed E-state index contributed by atoms with van der Waals surface area (Å²) in [5, 5.41) is 9.59. The van der Waals surface area contributed by atoms with Crippen molar-refractivity contribution in [3.05, 3.63) is 32.9 Å². The molecule has 4 heteroatoms. The van der Waals surface area contributed by atoms with Gasteiger partial charge >= 0.3 is 0 Å². The summed E-state index contributed by atoms with van der Waals surface area (Å²) in [7, 11) is 0. The molecule has 72 valence electrons. The molecule has 0 amide bonds. The van der Waals surface area contributed by atoms with E-state index in [2.05, 4.69) is 0 Å². The Bertz CT molecular complexity index is 331. The first-order chi connectivity index (χ1) is 5.82. The Hall–Kier alpha value is -0.230. The fraction of sp³-hybridized carbons (Fsp3) is 0.333. The lowest BCUT2D eigenvalue weighted by atomic mass is 9.98. The average Bonchev–Trinajstić information content (AvgIpc) is 1.94. The van der Waals surface area contributed by atoms with E-state index in [9.17, 15) is 13.9 Å². The molecule has 0 saturated heterocycles. The molecule has 0 fully saturated rings. The van der Waals surface area contributed by atoms with Gasteiger partial charge in [0.1, 0.15) is 0 Å². The molecular formula is C9H9F2IO. The third kappa shape index (κ3) is 2.37. The van der Waals surface area contributed by atoms with Crippen molar-refractivity contribution in [2.75, 3.05) is 0 Å². The lowest BCUT2D eigenvalue weighted by Crippen LogP contribution is -2.17. The quantitative estimate of drug-likeness (QED) is 0.624. The maximum atomic E-state index is 12.8. The molecule has 0 radical (unpaired) electrons. The van der Waals surface area contributed by atoms with Gasteiger partial charge in [-0.25, -0.2) is 8.78 Å². The van der Waals surface area contributed by atoms with Crippen LogP contribution in [0, 0.1) is 15.2 Å². The molecule has 0 unspecified atom stereocenters. The first-order valence-corrected chi connectivity index (χ1v) is 4.77. The fourth-order valence-electron chi connectivity index (χ4n) is 0.991. The van der Waals surface area contributed by atoms with Crippen LogP contribution in [0.5, 0.6) is 0 Å². The molecule has 1 N–H and O–H groups in total. The van der Waals surface area contributed by atoms with Crippen LogP contribution in [-0.4, -0.2) is 5.11 Å². The topological polar surface area (TPSA) is 20.2 Å².